The summed E-state index contributed by atoms with van der Waals surface area (Å²) in [4.78, 5) is 7.61. The molecule has 0 amide bonds. The molecule has 3 heterocycles. The van der Waals surface area contributed by atoms with Crippen LogP contribution in [0.2, 0.25) is 0 Å². The maximum atomic E-state index is 5.70. The molecule has 3 aliphatic heterocycles. The fraction of sp³-hybridized carbons (Fsp3) is 0.682. The van der Waals surface area contributed by atoms with E-state index in [9.17, 15) is 0 Å². The molecule has 0 aliphatic carbocycles. The fourth-order valence-electron chi connectivity index (χ4n) is 4.34. The summed E-state index contributed by atoms with van der Waals surface area (Å²) in [6.45, 7) is 10.1. The van der Waals surface area contributed by atoms with Gasteiger partial charge in [0.05, 0.1) is 6.54 Å². The summed E-state index contributed by atoms with van der Waals surface area (Å²) < 4.78 is 16.9. The first kappa shape index (κ1) is 20.7. The molecular formula is C22H33N3O3S. The van der Waals surface area contributed by atoms with E-state index in [2.05, 4.69) is 48.0 Å². The SMILES string of the molecule is CCNC(=NCC1(c2ccc3c(c2)OCO3)CCOCC1)N1CCSC(CC)C1. The second-order valence-electron chi connectivity index (χ2n) is 7.98. The normalized spacial score (nSPS) is 23.9. The average Bonchev–Trinajstić information content (AvgIpc) is 3.25. The Morgan fingerprint density at radius 2 is 2.07 bits per heavy atom. The van der Waals surface area contributed by atoms with Crippen LogP contribution in [0.4, 0.5) is 0 Å². The third-order valence-corrected chi connectivity index (χ3v) is 7.57. The molecular weight excluding hydrogens is 386 g/mol. The predicted octanol–water partition coefficient (Wildman–Crippen LogP) is 3.26. The van der Waals surface area contributed by atoms with Crippen molar-refractivity contribution in [1.29, 1.82) is 0 Å². The van der Waals surface area contributed by atoms with Crippen molar-refractivity contribution in [3.63, 3.8) is 0 Å². The fourth-order valence-corrected chi connectivity index (χ4v) is 5.52. The van der Waals surface area contributed by atoms with Crippen molar-refractivity contribution in [3.8, 4) is 11.5 Å². The van der Waals surface area contributed by atoms with E-state index < -0.39 is 0 Å². The molecule has 1 N–H and O–H groups in total. The number of nitrogens with zero attached hydrogens (tertiary/aromatic N) is 2. The predicted molar refractivity (Wildman–Crippen MR) is 118 cm³/mol. The highest BCUT2D eigenvalue weighted by Gasteiger charge is 2.36. The monoisotopic (exact) mass is 419 g/mol. The first-order valence-electron chi connectivity index (χ1n) is 10.9. The molecule has 4 rings (SSSR count). The molecule has 0 radical (unpaired) electrons. The van der Waals surface area contributed by atoms with Crippen LogP contribution in [0.3, 0.4) is 0 Å². The zero-order valence-corrected chi connectivity index (χ0v) is 18.4. The minimum absolute atomic E-state index is 0.0193. The molecule has 3 aliphatic rings. The molecule has 160 valence electrons. The van der Waals surface area contributed by atoms with Crippen molar-refractivity contribution >= 4 is 17.7 Å². The lowest BCUT2D eigenvalue weighted by atomic mass is 9.74. The summed E-state index contributed by atoms with van der Waals surface area (Å²) in [5.41, 5.74) is 1.26. The number of benzene rings is 1. The Hall–Kier alpha value is -1.60. The van der Waals surface area contributed by atoms with Crippen molar-refractivity contribution in [2.24, 2.45) is 4.99 Å². The Labute approximate surface area is 178 Å². The molecule has 1 aromatic carbocycles. The highest BCUT2D eigenvalue weighted by molar-refractivity contribution is 8.00. The van der Waals surface area contributed by atoms with Gasteiger partial charge in [-0.25, -0.2) is 0 Å². The highest BCUT2D eigenvalue weighted by atomic mass is 32.2. The topological polar surface area (TPSA) is 55.3 Å². The van der Waals surface area contributed by atoms with Crippen LogP contribution in [0, 0.1) is 0 Å². The van der Waals surface area contributed by atoms with Crippen LogP contribution < -0.4 is 14.8 Å². The summed E-state index contributed by atoms with van der Waals surface area (Å²) >= 11 is 2.09. The molecule has 29 heavy (non-hydrogen) atoms. The van der Waals surface area contributed by atoms with Crippen molar-refractivity contribution in [1.82, 2.24) is 10.2 Å². The molecule has 0 aromatic heterocycles. The zero-order chi connectivity index (χ0) is 20.1. The van der Waals surface area contributed by atoms with Gasteiger partial charge in [0, 0.05) is 49.3 Å². The minimum atomic E-state index is -0.0193. The molecule has 2 saturated heterocycles. The number of thioether (sulfide) groups is 1. The Morgan fingerprint density at radius 3 is 2.86 bits per heavy atom. The minimum Gasteiger partial charge on any atom is -0.454 e. The number of fused-ring (bicyclic) bond motifs is 1. The van der Waals surface area contributed by atoms with Crippen LogP contribution in [-0.4, -0.2) is 68.0 Å². The molecule has 0 bridgehead atoms. The number of nitrogens with one attached hydrogen (secondary N) is 1. The lowest BCUT2D eigenvalue weighted by Gasteiger charge is -2.38. The average molecular weight is 420 g/mol. The van der Waals surface area contributed by atoms with Gasteiger partial charge in [-0.2, -0.15) is 11.8 Å². The van der Waals surface area contributed by atoms with Gasteiger partial charge in [-0.05, 0) is 43.9 Å². The first-order valence-corrected chi connectivity index (χ1v) is 11.9. The summed E-state index contributed by atoms with van der Waals surface area (Å²) in [6, 6.07) is 6.38. The summed E-state index contributed by atoms with van der Waals surface area (Å²) in [6.07, 6.45) is 3.16. The maximum absolute atomic E-state index is 5.70. The Balaban J connectivity index is 1.58. The lowest BCUT2D eigenvalue weighted by molar-refractivity contribution is 0.0529. The van der Waals surface area contributed by atoms with Gasteiger partial charge in [0.2, 0.25) is 6.79 Å². The Bertz CT molecular complexity index is 721. The summed E-state index contributed by atoms with van der Waals surface area (Å²) in [5, 5.41) is 4.23. The van der Waals surface area contributed by atoms with E-state index in [0.717, 1.165) is 69.7 Å². The van der Waals surface area contributed by atoms with Crippen LogP contribution in [0.15, 0.2) is 23.2 Å². The Morgan fingerprint density at radius 1 is 1.24 bits per heavy atom. The van der Waals surface area contributed by atoms with Gasteiger partial charge >= 0.3 is 0 Å². The zero-order valence-electron chi connectivity index (χ0n) is 17.6. The van der Waals surface area contributed by atoms with Crippen LogP contribution in [0.1, 0.15) is 38.7 Å². The molecule has 1 unspecified atom stereocenters. The van der Waals surface area contributed by atoms with Crippen molar-refractivity contribution < 1.29 is 14.2 Å². The van der Waals surface area contributed by atoms with Gasteiger partial charge in [-0.15, -0.1) is 0 Å². The van der Waals surface area contributed by atoms with Crippen LogP contribution in [-0.2, 0) is 10.2 Å². The van der Waals surface area contributed by atoms with Crippen LogP contribution in [0.25, 0.3) is 0 Å². The molecule has 1 atom stereocenters. The summed E-state index contributed by atoms with van der Waals surface area (Å²) in [7, 11) is 0. The van der Waals surface area contributed by atoms with E-state index in [1.54, 1.807) is 0 Å². The second kappa shape index (κ2) is 9.47. The van der Waals surface area contributed by atoms with Gasteiger partial charge in [-0.1, -0.05) is 13.0 Å². The van der Waals surface area contributed by atoms with E-state index >= 15 is 0 Å². The number of hydrogen-bond acceptors (Lipinski definition) is 5. The van der Waals surface area contributed by atoms with Crippen molar-refractivity contribution in [2.45, 2.75) is 43.8 Å². The molecule has 0 saturated carbocycles. The van der Waals surface area contributed by atoms with E-state index in [4.69, 9.17) is 19.2 Å². The second-order valence-corrected chi connectivity index (χ2v) is 9.39. The van der Waals surface area contributed by atoms with E-state index in [0.29, 0.717) is 12.0 Å². The van der Waals surface area contributed by atoms with Gasteiger partial charge in [0.15, 0.2) is 17.5 Å². The van der Waals surface area contributed by atoms with E-state index in [-0.39, 0.29) is 5.41 Å². The molecule has 2 fully saturated rings. The highest BCUT2D eigenvalue weighted by Crippen LogP contribution is 2.41. The van der Waals surface area contributed by atoms with Gasteiger partial charge in [-0.3, -0.25) is 4.99 Å². The molecule has 6 nitrogen and oxygen atoms in total. The van der Waals surface area contributed by atoms with Gasteiger partial charge < -0.3 is 24.4 Å². The van der Waals surface area contributed by atoms with Crippen LogP contribution >= 0.6 is 11.8 Å². The lowest BCUT2D eigenvalue weighted by Crippen LogP contribution is -2.48. The number of hydrogen-bond donors (Lipinski definition) is 1. The molecule has 7 heteroatoms. The Kier molecular flexibility index (Phi) is 6.75. The third kappa shape index (κ3) is 4.61. The quantitative estimate of drug-likeness (QED) is 0.584. The van der Waals surface area contributed by atoms with Gasteiger partial charge in [0.25, 0.3) is 0 Å². The summed E-state index contributed by atoms with van der Waals surface area (Å²) in [5.74, 6) is 3.91. The van der Waals surface area contributed by atoms with Crippen molar-refractivity contribution in [2.75, 3.05) is 51.9 Å². The standard InChI is InChI=1S/C22H33N3O3S/c1-3-18-14-25(9-12-29-18)21(23-4-2)24-15-22(7-10-26-11-8-22)17-5-6-19-20(13-17)28-16-27-19/h5-6,13,18H,3-4,7-12,14-16H2,1-2H3,(H,23,24). The maximum Gasteiger partial charge on any atom is 0.231 e. The van der Waals surface area contributed by atoms with Crippen LogP contribution in [0.5, 0.6) is 11.5 Å². The number of aliphatic imine (C=N–C) groups is 1. The number of guanidine groups is 1. The molecule has 1 aromatic rings. The van der Waals surface area contributed by atoms with Gasteiger partial charge in [0.1, 0.15) is 0 Å². The third-order valence-electron chi connectivity index (χ3n) is 6.19. The van der Waals surface area contributed by atoms with Crippen molar-refractivity contribution in [3.05, 3.63) is 23.8 Å². The molecule has 0 spiro atoms. The number of rotatable bonds is 5. The number of ether oxygens (including phenoxy) is 3. The van der Waals surface area contributed by atoms with E-state index in [1.807, 2.05) is 6.07 Å². The van der Waals surface area contributed by atoms with E-state index in [1.165, 1.54) is 17.7 Å². The first-order chi connectivity index (χ1) is 14.2. The smallest absolute Gasteiger partial charge is 0.231 e. The largest absolute Gasteiger partial charge is 0.454 e.